The summed E-state index contributed by atoms with van der Waals surface area (Å²) in [5.74, 6) is 0. The van der Waals surface area contributed by atoms with Gasteiger partial charge in [-0.15, -0.1) is 0 Å². The quantitative estimate of drug-likeness (QED) is 0.839. The number of aromatic nitrogens is 1. The van der Waals surface area contributed by atoms with Crippen LogP contribution in [0.3, 0.4) is 0 Å². The molecular formula is C7H7BrF2N2O. The first-order valence-corrected chi connectivity index (χ1v) is 4.25. The lowest BCUT2D eigenvalue weighted by molar-refractivity contribution is 0.144. The lowest BCUT2D eigenvalue weighted by Crippen LogP contribution is -2.14. The molecule has 0 aliphatic rings. The number of hydrogen-bond donors (Lipinski definition) is 2. The Morgan fingerprint density at radius 1 is 1.62 bits per heavy atom. The number of nitrogens with two attached hydrogens (primary N) is 1. The second-order valence-corrected chi connectivity index (χ2v) is 3.23. The first-order valence-electron chi connectivity index (χ1n) is 3.46. The third-order valence-corrected chi connectivity index (χ3v) is 2.26. The third-order valence-electron chi connectivity index (χ3n) is 1.55. The number of rotatable bonds is 2. The minimum Gasteiger partial charge on any atom is -0.326 e. The summed E-state index contributed by atoms with van der Waals surface area (Å²) >= 11 is 2.99. The number of hydrogen-bond acceptors (Lipinski definition) is 2. The van der Waals surface area contributed by atoms with E-state index >= 15 is 0 Å². The van der Waals surface area contributed by atoms with E-state index in [0.717, 1.165) is 0 Å². The van der Waals surface area contributed by atoms with Crippen molar-refractivity contribution < 1.29 is 8.78 Å². The van der Waals surface area contributed by atoms with Gasteiger partial charge < -0.3 is 10.7 Å². The van der Waals surface area contributed by atoms with Gasteiger partial charge in [0.05, 0.1) is 5.69 Å². The van der Waals surface area contributed by atoms with Gasteiger partial charge in [-0.3, -0.25) is 4.79 Å². The molecule has 6 heteroatoms. The molecule has 0 atom stereocenters. The van der Waals surface area contributed by atoms with E-state index in [-0.39, 0.29) is 12.1 Å². The van der Waals surface area contributed by atoms with Crippen LogP contribution >= 0.6 is 15.9 Å². The molecule has 1 rings (SSSR count). The Morgan fingerprint density at radius 3 is 2.69 bits per heavy atom. The summed E-state index contributed by atoms with van der Waals surface area (Å²) in [7, 11) is 0. The molecule has 0 saturated carbocycles. The van der Waals surface area contributed by atoms with Crippen molar-refractivity contribution in [3.05, 3.63) is 32.2 Å². The molecule has 0 aliphatic heterocycles. The molecule has 1 heterocycles. The van der Waals surface area contributed by atoms with Gasteiger partial charge in [0, 0.05) is 22.6 Å². The highest BCUT2D eigenvalue weighted by Gasteiger charge is 2.15. The van der Waals surface area contributed by atoms with E-state index in [2.05, 4.69) is 20.9 Å². The van der Waals surface area contributed by atoms with Gasteiger partial charge in [0.15, 0.2) is 0 Å². The van der Waals surface area contributed by atoms with Gasteiger partial charge in [0.25, 0.3) is 6.43 Å². The van der Waals surface area contributed by atoms with Crippen molar-refractivity contribution in [3.63, 3.8) is 0 Å². The minimum absolute atomic E-state index is 0.0446. The topological polar surface area (TPSA) is 58.9 Å². The molecule has 0 saturated heterocycles. The second-order valence-electron chi connectivity index (χ2n) is 2.38. The highest BCUT2D eigenvalue weighted by Crippen LogP contribution is 2.24. The van der Waals surface area contributed by atoms with Crippen LogP contribution in [0.1, 0.15) is 17.7 Å². The summed E-state index contributed by atoms with van der Waals surface area (Å²) < 4.78 is 25.0. The maximum absolute atomic E-state index is 12.3. The van der Waals surface area contributed by atoms with Gasteiger partial charge in [-0.25, -0.2) is 8.78 Å². The zero-order chi connectivity index (χ0) is 10.0. The van der Waals surface area contributed by atoms with Gasteiger partial charge in [-0.1, -0.05) is 15.9 Å². The van der Waals surface area contributed by atoms with E-state index in [1.54, 1.807) is 0 Å². The molecule has 13 heavy (non-hydrogen) atoms. The van der Waals surface area contributed by atoms with Crippen LogP contribution in [0, 0.1) is 0 Å². The number of halogens is 3. The van der Waals surface area contributed by atoms with E-state index in [9.17, 15) is 13.6 Å². The second kappa shape index (κ2) is 3.97. The molecular weight excluding hydrogens is 246 g/mol. The molecule has 0 aromatic carbocycles. The fourth-order valence-corrected chi connectivity index (χ4v) is 1.55. The van der Waals surface area contributed by atoms with Gasteiger partial charge in [-0.05, 0) is 0 Å². The molecule has 0 radical (unpaired) electrons. The number of H-pyrrole nitrogens is 1. The number of nitrogens with one attached hydrogen (secondary N) is 1. The summed E-state index contributed by atoms with van der Waals surface area (Å²) in [5, 5.41) is 0. The Balaban J connectivity index is 3.38. The lowest BCUT2D eigenvalue weighted by Gasteiger charge is -2.07. The van der Waals surface area contributed by atoms with Crippen molar-refractivity contribution in [1.29, 1.82) is 0 Å². The van der Waals surface area contributed by atoms with Crippen LogP contribution in [-0.2, 0) is 6.54 Å². The Bertz CT molecular complexity index is 364. The lowest BCUT2D eigenvalue weighted by atomic mass is 10.2. The number of aromatic amines is 1. The molecule has 0 unspecified atom stereocenters. The molecule has 0 spiro atoms. The zero-order valence-electron chi connectivity index (χ0n) is 6.48. The summed E-state index contributed by atoms with van der Waals surface area (Å²) in [5.41, 5.74) is 4.50. The van der Waals surface area contributed by atoms with Crippen LogP contribution in [0.25, 0.3) is 0 Å². The largest absolute Gasteiger partial charge is 0.326 e. The summed E-state index contributed by atoms with van der Waals surface area (Å²) in [6.45, 7) is -0.0446. The predicted molar refractivity (Wildman–Crippen MR) is 47.6 cm³/mol. The van der Waals surface area contributed by atoms with Crippen molar-refractivity contribution in [3.8, 4) is 0 Å². The molecule has 0 bridgehead atoms. The van der Waals surface area contributed by atoms with Crippen LogP contribution in [0.15, 0.2) is 15.3 Å². The normalized spacial score (nSPS) is 10.8. The summed E-state index contributed by atoms with van der Waals surface area (Å²) in [6, 6.07) is 1.17. The van der Waals surface area contributed by atoms with Crippen molar-refractivity contribution >= 4 is 15.9 Å². The molecule has 0 amide bonds. The first kappa shape index (κ1) is 10.3. The van der Waals surface area contributed by atoms with Crippen LogP contribution in [0.5, 0.6) is 0 Å². The average Bonchev–Trinajstić information content (AvgIpc) is 2.02. The van der Waals surface area contributed by atoms with E-state index in [0.29, 0.717) is 4.47 Å². The van der Waals surface area contributed by atoms with Gasteiger partial charge in [0.2, 0.25) is 5.56 Å². The standard InChI is InChI=1S/C7H7BrF2N2O/c8-4-1-5(13)12-6(7(9)10)3(4)2-11/h1,7H,2,11H2,(H,12,13). The van der Waals surface area contributed by atoms with Gasteiger partial charge in [-0.2, -0.15) is 0 Å². The Hall–Kier alpha value is -0.750. The number of alkyl halides is 2. The fourth-order valence-electron chi connectivity index (χ4n) is 0.969. The van der Waals surface area contributed by atoms with Crippen LogP contribution in [0.4, 0.5) is 8.78 Å². The van der Waals surface area contributed by atoms with Crippen LogP contribution in [-0.4, -0.2) is 4.98 Å². The predicted octanol–water partition coefficient (Wildman–Crippen LogP) is 1.53. The first-order chi connectivity index (χ1) is 6.06. The third kappa shape index (κ3) is 2.13. The molecule has 0 aliphatic carbocycles. The van der Waals surface area contributed by atoms with Crippen LogP contribution < -0.4 is 11.3 Å². The molecule has 0 fully saturated rings. The molecule has 3 N–H and O–H groups in total. The van der Waals surface area contributed by atoms with Crippen molar-refractivity contribution in [2.24, 2.45) is 5.73 Å². The smallest absolute Gasteiger partial charge is 0.278 e. The Labute approximate surface area is 81.1 Å². The van der Waals surface area contributed by atoms with E-state index < -0.39 is 17.7 Å². The van der Waals surface area contributed by atoms with E-state index in [1.807, 2.05) is 0 Å². The summed E-state index contributed by atoms with van der Waals surface area (Å²) in [6.07, 6.45) is -2.72. The fraction of sp³-hybridized carbons (Fsp3) is 0.286. The Morgan fingerprint density at radius 2 is 2.23 bits per heavy atom. The zero-order valence-corrected chi connectivity index (χ0v) is 8.07. The monoisotopic (exact) mass is 252 g/mol. The molecule has 3 nitrogen and oxygen atoms in total. The van der Waals surface area contributed by atoms with Crippen LogP contribution in [0.2, 0.25) is 0 Å². The maximum atomic E-state index is 12.3. The SMILES string of the molecule is NCc1c(Br)cc(=O)[nH]c1C(F)F. The maximum Gasteiger partial charge on any atom is 0.278 e. The summed E-state index contributed by atoms with van der Waals surface area (Å²) in [4.78, 5) is 12.9. The highest BCUT2D eigenvalue weighted by molar-refractivity contribution is 9.10. The average molecular weight is 253 g/mol. The highest BCUT2D eigenvalue weighted by atomic mass is 79.9. The van der Waals surface area contributed by atoms with Crippen molar-refractivity contribution in [2.75, 3.05) is 0 Å². The van der Waals surface area contributed by atoms with Gasteiger partial charge >= 0.3 is 0 Å². The van der Waals surface area contributed by atoms with Gasteiger partial charge in [0.1, 0.15) is 0 Å². The van der Waals surface area contributed by atoms with E-state index in [1.165, 1.54) is 6.07 Å². The molecule has 72 valence electrons. The Kier molecular flexibility index (Phi) is 3.16. The van der Waals surface area contributed by atoms with Crippen molar-refractivity contribution in [1.82, 2.24) is 4.98 Å². The molecule has 1 aromatic heterocycles. The number of pyridine rings is 1. The molecule has 1 aromatic rings. The van der Waals surface area contributed by atoms with E-state index in [4.69, 9.17) is 5.73 Å². The van der Waals surface area contributed by atoms with Crippen molar-refractivity contribution in [2.45, 2.75) is 13.0 Å². The minimum atomic E-state index is -2.72.